The van der Waals surface area contributed by atoms with Gasteiger partial charge in [0.15, 0.2) is 0 Å². The number of furan rings is 1. The van der Waals surface area contributed by atoms with Crippen LogP contribution >= 0.6 is 0 Å². The standard InChI is InChI=1S/C13H10O4/c1-2-12-9(10-4-6-14-11(1)10)3-5-13(17-12)15-7-8-16-13/h1-6H,7-8H2. The maximum atomic E-state index is 5.78. The summed E-state index contributed by atoms with van der Waals surface area (Å²) < 4.78 is 22.1. The second-order valence-electron chi connectivity index (χ2n) is 4.05. The Morgan fingerprint density at radius 3 is 2.82 bits per heavy atom. The van der Waals surface area contributed by atoms with Gasteiger partial charge in [-0.15, -0.1) is 0 Å². The summed E-state index contributed by atoms with van der Waals surface area (Å²) in [6.45, 7) is 1.10. The Hall–Kier alpha value is -1.78. The molecule has 1 aromatic heterocycles. The predicted molar refractivity (Wildman–Crippen MR) is 60.5 cm³/mol. The molecule has 1 fully saturated rings. The first-order valence-corrected chi connectivity index (χ1v) is 5.53. The van der Waals surface area contributed by atoms with E-state index in [0.717, 1.165) is 22.3 Å². The first kappa shape index (κ1) is 9.27. The molecule has 0 amide bonds. The molecule has 0 N–H and O–H groups in total. The largest absolute Gasteiger partial charge is 0.464 e. The van der Waals surface area contributed by atoms with E-state index in [2.05, 4.69) is 0 Å². The number of fused-ring (bicyclic) bond motifs is 3. The van der Waals surface area contributed by atoms with Gasteiger partial charge in [0.2, 0.25) is 0 Å². The third kappa shape index (κ3) is 1.25. The number of ether oxygens (including phenoxy) is 3. The van der Waals surface area contributed by atoms with Crippen LogP contribution in [-0.2, 0) is 9.47 Å². The molecule has 2 aromatic rings. The zero-order chi connectivity index (χ0) is 11.3. The van der Waals surface area contributed by atoms with Crippen molar-refractivity contribution in [2.45, 2.75) is 5.97 Å². The lowest BCUT2D eigenvalue weighted by molar-refractivity contribution is -0.249. The van der Waals surface area contributed by atoms with Gasteiger partial charge in [-0.05, 0) is 24.3 Å². The van der Waals surface area contributed by atoms with Gasteiger partial charge in [-0.1, -0.05) is 0 Å². The van der Waals surface area contributed by atoms with Crippen molar-refractivity contribution < 1.29 is 18.6 Å². The molecule has 0 bridgehead atoms. The Morgan fingerprint density at radius 1 is 1.06 bits per heavy atom. The van der Waals surface area contributed by atoms with E-state index in [1.54, 1.807) is 12.3 Å². The van der Waals surface area contributed by atoms with Crippen molar-refractivity contribution in [3.8, 4) is 5.75 Å². The fourth-order valence-electron chi connectivity index (χ4n) is 2.24. The predicted octanol–water partition coefficient (Wildman–Crippen LogP) is 2.54. The van der Waals surface area contributed by atoms with Gasteiger partial charge in [0, 0.05) is 17.0 Å². The second-order valence-corrected chi connectivity index (χ2v) is 4.05. The van der Waals surface area contributed by atoms with Crippen molar-refractivity contribution in [1.82, 2.24) is 0 Å². The second kappa shape index (κ2) is 3.12. The Bertz CT molecular complexity index is 605. The number of hydrogen-bond donors (Lipinski definition) is 0. The van der Waals surface area contributed by atoms with E-state index in [1.807, 2.05) is 24.3 Å². The van der Waals surface area contributed by atoms with E-state index in [4.69, 9.17) is 18.6 Å². The van der Waals surface area contributed by atoms with Gasteiger partial charge in [-0.3, -0.25) is 0 Å². The smallest absolute Gasteiger partial charge is 0.349 e. The lowest BCUT2D eigenvalue weighted by atomic mass is 10.1. The number of rotatable bonds is 0. The highest BCUT2D eigenvalue weighted by atomic mass is 16.9. The molecule has 3 heterocycles. The van der Waals surface area contributed by atoms with Crippen LogP contribution in [0.25, 0.3) is 17.0 Å². The summed E-state index contributed by atoms with van der Waals surface area (Å²) in [5, 5.41) is 1.03. The number of hydrogen-bond acceptors (Lipinski definition) is 4. The normalized spacial score (nSPS) is 20.7. The minimum atomic E-state index is -1.02. The molecule has 4 nitrogen and oxygen atoms in total. The molecule has 0 unspecified atom stereocenters. The molecule has 1 aromatic carbocycles. The summed E-state index contributed by atoms with van der Waals surface area (Å²) in [5.74, 6) is -0.270. The van der Waals surface area contributed by atoms with Crippen LogP contribution in [0, 0.1) is 0 Å². The van der Waals surface area contributed by atoms with Gasteiger partial charge >= 0.3 is 5.97 Å². The fraction of sp³-hybridized carbons (Fsp3) is 0.231. The third-order valence-electron chi connectivity index (χ3n) is 3.03. The lowest BCUT2D eigenvalue weighted by Gasteiger charge is -2.28. The molecule has 0 radical (unpaired) electrons. The molecule has 2 aliphatic rings. The molecule has 4 rings (SSSR count). The van der Waals surface area contributed by atoms with Crippen LogP contribution in [0.3, 0.4) is 0 Å². The average molecular weight is 230 g/mol. The van der Waals surface area contributed by atoms with E-state index < -0.39 is 5.97 Å². The summed E-state index contributed by atoms with van der Waals surface area (Å²) in [6, 6.07) is 5.68. The topological polar surface area (TPSA) is 40.8 Å². The first-order valence-electron chi connectivity index (χ1n) is 5.53. The summed E-state index contributed by atoms with van der Waals surface area (Å²) >= 11 is 0. The van der Waals surface area contributed by atoms with E-state index in [9.17, 15) is 0 Å². The summed E-state index contributed by atoms with van der Waals surface area (Å²) in [5.41, 5.74) is 1.85. The van der Waals surface area contributed by atoms with Gasteiger partial charge in [0.1, 0.15) is 11.3 Å². The highest BCUT2D eigenvalue weighted by Crippen LogP contribution is 2.38. The molecular formula is C13H10O4. The zero-order valence-electron chi connectivity index (χ0n) is 9.01. The van der Waals surface area contributed by atoms with E-state index in [0.29, 0.717) is 13.2 Å². The highest BCUT2D eigenvalue weighted by Gasteiger charge is 2.39. The van der Waals surface area contributed by atoms with Crippen LogP contribution in [0.15, 0.2) is 35.0 Å². The minimum absolute atomic E-state index is 0.549. The molecule has 17 heavy (non-hydrogen) atoms. The molecule has 0 aliphatic carbocycles. The van der Waals surface area contributed by atoms with Crippen LogP contribution in [0.5, 0.6) is 5.75 Å². The van der Waals surface area contributed by atoms with E-state index >= 15 is 0 Å². The van der Waals surface area contributed by atoms with Crippen LogP contribution in [0.1, 0.15) is 5.56 Å². The van der Waals surface area contributed by atoms with Crippen molar-refractivity contribution >= 4 is 17.0 Å². The average Bonchev–Trinajstić information content (AvgIpc) is 2.98. The van der Waals surface area contributed by atoms with Crippen LogP contribution in [0.4, 0.5) is 0 Å². The molecule has 0 saturated carbocycles. The van der Waals surface area contributed by atoms with Crippen LogP contribution in [-0.4, -0.2) is 19.2 Å². The minimum Gasteiger partial charge on any atom is -0.464 e. The van der Waals surface area contributed by atoms with Gasteiger partial charge in [0.25, 0.3) is 0 Å². The molecule has 1 spiro atoms. The van der Waals surface area contributed by atoms with Crippen LogP contribution in [0.2, 0.25) is 0 Å². The monoisotopic (exact) mass is 230 g/mol. The zero-order valence-corrected chi connectivity index (χ0v) is 9.01. The molecule has 86 valence electrons. The summed E-state index contributed by atoms with van der Waals surface area (Å²) in [7, 11) is 0. The third-order valence-corrected chi connectivity index (χ3v) is 3.03. The Balaban J connectivity index is 1.89. The van der Waals surface area contributed by atoms with E-state index in [-0.39, 0.29) is 0 Å². The van der Waals surface area contributed by atoms with Crippen molar-refractivity contribution in [3.63, 3.8) is 0 Å². The van der Waals surface area contributed by atoms with Gasteiger partial charge in [-0.25, -0.2) is 0 Å². The molecule has 0 atom stereocenters. The summed E-state index contributed by atoms with van der Waals surface area (Å²) in [4.78, 5) is 0. The number of benzene rings is 1. The Labute approximate surface area is 97.4 Å². The Kier molecular flexibility index (Phi) is 1.70. The molecular weight excluding hydrogens is 220 g/mol. The fourth-order valence-corrected chi connectivity index (χ4v) is 2.24. The van der Waals surface area contributed by atoms with Gasteiger partial charge < -0.3 is 18.6 Å². The van der Waals surface area contributed by atoms with Crippen molar-refractivity contribution in [2.75, 3.05) is 13.2 Å². The quantitative estimate of drug-likeness (QED) is 0.697. The molecule has 1 saturated heterocycles. The maximum Gasteiger partial charge on any atom is 0.349 e. The van der Waals surface area contributed by atoms with Crippen molar-refractivity contribution in [1.29, 1.82) is 0 Å². The van der Waals surface area contributed by atoms with Crippen LogP contribution < -0.4 is 4.74 Å². The SMILES string of the molecule is C1=CC2(OCCO2)Oc2ccc3occc3c21. The lowest BCUT2D eigenvalue weighted by Crippen LogP contribution is -2.36. The summed E-state index contributed by atoms with van der Waals surface area (Å²) in [6.07, 6.45) is 5.43. The van der Waals surface area contributed by atoms with Crippen molar-refractivity contribution in [3.05, 3.63) is 36.1 Å². The van der Waals surface area contributed by atoms with Gasteiger partial charge in [-0.2, -0.15) is 0 Å². The maximum absolute atomic E-state index is 5.78. The molecule has 4 heteroatoms. The van der Waals surface area contributed by atoms with E-state index in [1.165, 1.54) is 0 Å². The first-order chi connectivity index (χ1) is 8.36. The highest BCUT2D eigenvalue weighted by molar-refractivity contribution is 5.90. The Morgan fingerprint density at radius 2 is 1.94 bits per heavy atom. The molecule has 2 aliphatic heterocycles. The van der Waals surface area contributed by atoms with Gasteiger partial charge in [0.05, 0.1) is 19.5 Å². The van der Waals surface area contributed by atoms with Crippen molar-refractivity contribution in [2.24, 2.45) is 0 Å².